The molecule has 1 N–H and O–H groups in total. The van der Waals surface area contributed by atoms with Crippen LogP contribution in [0.4, 0.5) is 23.2 Å². The lowest BCUT2D eigenvalue weighted by atomic mass is 10.2. The summed E-state index contributed by atoms with van der Waals surface area (Å²) >= 11 is 0. The molecule has 0 radical (unpaired) electrons. The summed E-state index contributed by atoms with van der Waals surface area (Å²) in [6.45, 7) is 0. The Balaban J connectivity index is 1.90. The van der Waals surface area contributed by atoms with Crippen molar-refractivity contribution in [1.29, 1.82) is 0 Å². The SMILES string of the molecule is O=S(=O)(Nc1cccc(F)c1)c1cnn(-c2cccc(C(F)(F)F)c2)c1. The smallest absolute Gasteiger partial charge is 0.279 e. The second-order valence-corrected chi connectivity index (χ2v) is 6.97. The molecule has 10 heteroatoms. The predicted molar refractivity (Wildman–Crippen MR) is 85.8 cm³/mol. The topological polar surface area (TPSA) is 64.0 Å². The van der Waals surface area contributed by atoms with E-state index in [9.17, 15) is 26.0 Å². The van der Waals surface area contributed by atoms with E-state index in [-0.39, 0.29) is 16.3 Å². The van der Waals surface area contributed by atoms with Crippen molar-refractivity contribution in [2.75, 3.05) is 4.72 Å². The van der Waals surface area contributed by atoms with Crippen LogP contribution in [0.2, 0.25) is 0 Å². The molecule has 0 aliphatic carbocycles. The maximum Gasteiger partial charge on any atom is 0.416 e. The van der Waals surface area contributed by atoms with Crippen LogP contribution < -0.4 is 4.72 Å². The van der Waals surface area contributed by atoms with E-state index in [0.29, 0.717) is 0 Å². The van der Waals surface area contributed by atoms with Crippen molar-refractivity contribution < 1.29 is 26.0 Å². The first-order chi connectivity index (χ1) is 12.1. The lowest BCUT2D eigenvalue weighted by Gasteiger charge is -2.08. The monoisotopic (exact) mass is 385 g/mol. The first-order valence-corrected chi connectivity index (χ1v) is 8.64. The molecular formula is C16H11F4N3O2S. The van der Waals surface area contributed by atoms with E-state index in [1.165, 1.54) is 24.3 Å². The second-order valence-electron chi connectivity index (χ2n) is 5.28. The minimum atomic E-state index is -4.53. The molecule has 0 saturated heterocycles. The van der Waals surface area contributed by atoms with Gasteiger partial charge in [0.05, 0.1) is 29.3 Å². The van der Waals surface area contributed by atoms with Crippen molar-refractivity contribution in [2.45, 2.75) is 11.1 Å². The van der Waals surface area contributed by atoms with E-state index in [0.717, 1.165) is 41.3 Å². The molecule has 1 aromatic heterocycles. The molecule has 0 unspecified atom stereocenters. The summed E-state index contributed by atoms with van der Waals surface area (Å²) in [5, 5.41) is 3.79. The molecule has 3 aromatic rings. The summed E-state index contributed by atoms with van der Waals surface area (Å²) in [6, 6.07) is 9.15. The molecule has 5 nitrogen and oxygen atoms in total. The van der Waals surface area contributed by atoms with Crippen LogP contribution >= 0.6 is 0 Å². The number of rotatable bonds is 4. The number of anilines is 1. The molecule has 0 aliphatic heterocycles. The van der Waals surface area contributed by atoms with Crippen molar-refractivity contribution in [2.24, 2.45) is 0 Å². The number of halogens is 4. The van der Waals surface area contributed by atoms with Gasteiger partial charge in [-0.3, -0.25) is 4.72 Å². The lowest BCUT2D eigenvalue weighted by Crippen LogP contribution is -2.12. The fourth-order valence-electron chi connectivity index (χ4n) is 2.18. The third-order valence-corrected chi connectivity index (χ3v) is 4.72. The van der Waals surface area contributed by atoms with Crippen LogP contribution in [0.15, 0.2) is 65.8 Å². The molecule has 1 heterocycles. The summed E-state index contributed by atoms with van der Waals surface area (Å²) in [5.74, 6) is -0.620. The Hall–Kier alpha value is -2.88. The van der Waals surface area contributed by atoms with Gasteiger partial charge in [0.1, 0.15) is 10.7 Å². The van der Waals surface area contributed by atoms with Crippen LogP contribution in [-0.4, -0.2) is 18.2 Å². The van der Waals surface area contributed by atoms with Crippen molar-refractivity contribution in [3.8, 4) is 5.69 Å². The van der Waals surface area contributed by atoms with Gasteiger partial charge < -0.3 is 0 Å². The van der Waals surface area contributed by atoms with Crippen LogP contribution in [0, 0.1) is 5.82 Å². The third kappa shape index (κ3) is 3.85. The highest BCUT2D eigenvalue weighted by Crippen LogP contribution is 2.30. The van der Waals surface area contributed by atoms with Crippen LogP contribution in [0.3, 0.4) is 0 Å². The molecule has 136 valence electrons. The predicted octanol–water partition coefficient (Wildman–Crippen LogP) is 3.83. The number of nitrogens with one attached hydrogen (secondary N) is 1. The van der Waals surface area contributed by atoms with Gasteiger partial charge in [0.2, 0.25) is 0 Å². The van der Waals surface area contributed by atoms with Gasteiger partial charge >= 0.3 is 6.18 Å². The number of benzene rings is 2. The maximum absolute atomic E-state index is 13.2. The average Bonchev–Trinajstić information content (AvgIpc) is 3.05. The first kappa shape index (κ1) is 17.9. The summed E-state index contributed by atoms with van der Waals surface area (Å²) in [4.78, 5) is -0.279. The highest BCUT2D eigenvalue weighted by atomic mass is 32.2. The zero-order valence-electron chi connectivity index (χ0n) is 12.9. The Morgan fingerprint density at radius 2 is 1.77 bits per heavy atom. The fourth-order valence-corrected chi connectivity index (χ4v) is 3.16. The molecule has 0 spiro atoms. The highest BCUT2D eigenvalue weighted by Gasteiger charge is 2.30. The van der Waals surface area contributed by atoms with Crippen LogP contribution in [0.5, 0.6) is 0 Å². The Kier molecular flexibility index (Phi) is 4.45. The first-order valence-electron chi connectivity index (χ1n) is 7.16. The number of alkyl halides is 3. The maximum atomic E-state index is 13.2. The summed E-state index contributed by atoms with van der Waals surface area (Å²) < 4.78 is 79.3. The largest absolute Gasteiger partial charge is 0.416 e. The van der Waals surface area contributed by atoms with E-state index in [1.54, 1.807) is 0 Å². The van der Waals surface area contributed by atoms with Crippen molar-refractivity contribution in [3.63, 3.8) is 0 Å². The van der Waals surface area contributed by atoms with Gasteiger partial charge in [0.15, 0.2) is 0 Å². The number of hydrogen-bond acceptors (Lipinski definition) is 3. The van der Waals surface area contributed by atoms with E-state index in [2.05, 4.69) is 9.82 Å². The molecular weight excluding hydrogens is 374 g/mol. The Morgan fingerprint density at radius 3 is 2.46 bits per heavy atom. The molecule has 0 saturated carbocycles. The van der Waals surface area contributed by atoms with E-state index >= 15 is 0 Å². The van der Waals surface area contributed by atoms with E-state index < -0.39 is 27.6 Å². The number of nitrogens with zero attached hydrogens (tertiary/aromatic N) is 2. The normalized spacial score (nSPS) is 12.2. The van der Waals surface area contributed by atoms with E-state index in [1.807, 2.05) is 0 Å². The van der Waals surface area contributed by atoms with E-state index in [4.69, 9.17) is 0 Å². The molecule has 0 atom stereocenters. The quantitative estimate of drug-likeness (QED) is 0.695. The molecule has 0 amide bonds. The van der Waals surface area contributed by atoms with Crippen LogP contribution in [0.25, 0.3) is 5.69 Å². The molecule has 0 bridgehead atoms. The molecule has 26 heavy (non-hydrogen) atoms. The minimum Gasteiger partial charge on any atom is -0.279 e. The second kappa shape index (κ2) is 6.45. The molecule has 3 rings (SSSR count). The number of hydrogen-bond donors (Lipinski definition) is 1. The van der Waals surface area contributed by atoms with Crippen LogP contribution in [-0.2, 0) is 16.2 Å². The zero-order chi connectivity index (χ0) is 18.9. The Labute approximate surface area is 145 Å². The average molecular weight is 385 g/mol. The standard InChI is InChI=1S/C16H11F4N3O2S/c17-12-4-2-5-13(8-12)22-26(24,25)15-9-21-23(10-15)14-6-1-3-11(7-14)16(18,19)20/h1-10,22H. The van der Waals surface area contributed by atoms with Gasteiger partial charge in [0, 0.05) is 0 Å². The van der Waals surface area contributed by atoms with Gasteiger partial charge in [0.25, 0.3) is 10.0 Å². The van der Waals surface area contributed by atoms with Crippen molar-refractivity contribution in [1.82, 2.24) is 9.78 Å². The van der Waals surface area contributed by atoms with Gasteiger partial charge in [-0.25, -0.2) is 17.5 Å². The van der Waals surface area contributed by atoms with Gasteiger partial charge in [-0.05, 0) is 36.4 Å². The number of aromatic nitrogens is 2. The fraction of sp³-hybridized carbons (Fsp3) is 0.0625. The minimum absolute atomic E-state index is 0.0109. The molecule has 0 fully saturated rings. The van der Waals surface area contributed by atoms with Crippen molar-refractivity contribution >= 4 is 15.7 Å². The van der Waals surface area contributed by atoms with Gasteiger partial charge in [-0.15, -0.1) is 0 Å². The highest BCUT2D eigenvalue weighted by molar-refractivity contribution is 7.92. The Morgan fingerprint density at radius 1 is 1.04 bits per heavy atom. The summed E-state index contributed by atoms with van der Waals surface area (Å²) in [7, 11) is -4.08. The van der Waals surface area contributed by atoms with Gasteiger partial charge in [-0.1, -0.05) is 12.1 Å². The van der Waals surface area contributed by atoms with Crippen LogP contribution in [0.1, 0.15) is 5.56 Å². The van der Waals surface area contributed by atoms with Gasteiger partial charge in [-0.2, -0.15) is 18.3 Å². The lowest BCUT2D eigenvalue weighted by molar-refractivity contribution is -0.137. The third-order valence-electron chi connectivity index (χ3n) is 3.38. The number of sulfonamides is 1. The molecule has 0 aliphatic rings. The van der Waals surface area contributed by atoms with Crippen molar-refractivity contribution in [3.05, 3.63) is 72.3 Å². The summed E-state index contributed by atoms with van der Waals surface area (Å²) in [6.07, 6.45) is -2.48. The Bertz CT molecular complexity index is 1050. The molecule has 2 aromatic carbocycles. The summed E-state index contributed by atoms with van der Waals surface area (Å²) in [5.41, 5.74) is -0.823. The zero-order valence-corrected chi connectivity index (χ0v) is 13.7.